The molecule has 1 unspecified atom stereocenters. The second kappa shape index (κ2) is 9.43. The van der Waals surface area contributed by atoms with Crippen molar-refractivity contribution in [1.29, 1.82) is 0 Å². The van der Waals surface area contributed by atoms with E-state index in [0.717, 1.165) is 18.7 Å². The maximum absolute atomic E-state index is 12.4. The van der Waals surface area contributed by atoms with Gasteiger partial charge in [-0.3, -0.25) is 14.5 Å². The first kappa shape index (κ1) is 20.0. The van der Waals surface area contributed by atoms with Crippen LogP contribution in [-0.4, -0.2) is 56.6 Å². The van der Waals surface area contributed by atoms with Gasteiger partial charge in [-0.2, -0.15) is 0 Å². The van der Waals surface area contributed by atoms with Crippen molar-refractivity contribution >= 4 is 11.8 Å². The van der Waals surface area contributed by atoms with Gasteiger partial charge in [0, 0.05) is 31.7 Å². The number of nitrogens with one attached hydrogen (secondary N) is 2. The molecule has 1 fully saturated rings. The van der Waals surface area contributed by atoms with Crippen molar-refractivity contribution in [2.24, 2.45) is 5.92 Å². The average Bonchev–Trinajstić information content (AvgIpc) is 2.61. The van der Waals surface area contributed by atoms with Gasteiger partial charge in [-0.1, -0.05) is 26.0 Å². The number of nitrogens with zero attached hydrogens (tertiary/aromatic N) is 1. The Morgan fingerprint density at radius 3 is 2.77 bits per heavy atom. The zero-order chi connectivity index (χ0) is 19.1. The van der Waals surface area contributed by atoms with E-state index in [1.165, 1.54) is 0 Å². The summed E-state index contributed by atoms with van der Waals surface area (Å²) in [4.78, 5) is 26.7. The molecule has 0 bridgehead atoms. The quantitative estimate of drug-likeness (QED) is 0.725. The minimum Gasteiger partial charge on any atom is -0.493 e. The monoisotopic (exact) mass is 363 g/mol. The van der Waals surface area contributed by atoms with Crippen LogP contribution in [0.15, 0.2) is 18.2 Å². The third-order valence-electron chi connectivity index (χ3n) is 4.38. The Kier molecular flexibility index (Phi) is 7.26. The van der Waals surface area contributed by atoms with Gasteiger partial charge < -0.3 is 20.1 Å². The summed E-state index contributed by atoms with van der Waals surface area (Å²) in [5.74, 6) is 1.42. The smallest absolute Gasteiger partial charge is 0.237 e. The zero-order valence-electron chi connectivity index (χ0n) is 16.0. The van der Waals surface area contributed by atoms with Gasteiger partial charge in [0.1, 0.15) is 0 Å². The van der Waals surface area contributed by atoms with Crippen LogP contribution in [0.25, 0.3) is 0 Å². The van der Waals surface area contributed by atoms with Crippen molar-refractivity contribution in [3.8, 4) is 11.5 Å². The number of amides is 2. The number of hydrogen-bond acceptors (Lipinski definition) is 5. The fourth-order valence-corrected chi connectivity index (χ4v) is 3.21. The first-order chi connectivity index (χ1) is 12.5. The van der Waals surface area contributed by atoms with Gasteiger partial charge in [-0.15, -0.1) is 0 Å². The maximum atomic E-state index is 12.4. The van der Waals surface area contributed by atoms with E-state index >= 15 is 0 Å². The summed E-state index contributed by atoms with van der Waals surface area (Å²) >= 11 is 0. The topological polar surface area (TPSA) is 79.9 Å². The van der Waals surface area contributed by atoms with Crippen LogP contribution in [0.5, 0.6) is 11.5 Å². The molecule has 144 valence electrons. The number of carbonyl (C=O) groups excluding carboxylic acids is 2. The molecular weight excluding hydrogens is 334 g/mol. The molecule has 0 aromatic heterocycles. The fourth-order valence-electron chi connectivity index (χ4n) is 3.21. The molecule has 1 heterocycles. The standard InChI is InChI=1S/C19H29N3O4/c1-13(2)12-22-9-8-20-19(24)15(22)10-17(23)21-11-14-6-5-7-16(25-3)18(14)26-4/h5-7,13,15H,8-12H2,1-4H3,(H,20,24)(H,21,23). The molecule has 1 saturated heterocycles. The molecule has 0 saturated carbocycles. The Balaban J connectivity index is 1.98. The molecule has 26 heavy (non-hydrogen) atoms. The molecule has 0 spiro atoms. The number of para-hydroxylation sites is 1. The summed E-state index contributed by atoms with van der Waals surface area (Å²) in [6.45, 7) is 6.74. The van der Waals surface area contributed by atoms with Crippen LogP contribution in [0, 0.1) is 5.92 Å². The van der Waals surface area contributed by atoms with Gasteiger partial charge in [0.25, 0.3) is 0 Å². The van der Waals surface area contributed by atoms with Crippen molar-refractivity contribution in [3.05, 3.63) is 23.8 Å². The SMILES string of the molecule is COc1cccc(CNC(=O)CC2C(=O)NCCN2CC(C)C)c1OC. The Hall–Kier alpha value is -2.28. The van der Waals surface area contributed by atoms with Crippen LogP contribution in [0.3, 0.4) is 0 Å². The molecule has 2 amide bonds. The van der Waals surface area contributed by atoms with Gasteiger partial charge in [-0.05, 0) is 12.0 Å². The van der Waals surface area contributed by atoms with Crippen molar-refractivity contribution < 1.29 is 19.1 Å². The Morgan fingerprint density at radius 1 is 1.35 bits per heavy atom. The van der Waals surface area contributed by atoms with Crippen molar-refractivity contribution in [3.63, 3.8) is 0 Å². The first-order valence-electron chi connectivity index (χ1n) is 8.94. The molecule has 2 rings (SSSR count). The molecule has 0 aliphatic carbocycles. The normalized spacial score (nSPS) is 17.7. The van der Waals surface area contributed by atoms with Crippen molar-refractivity contribution in [2.75, 3.05) is 33.9 Å². The van der Waals surface area contributed by atoms with Gasteiger partial charge >= 0.3 is 0 Å². The molecule has 2 N–H and O–H groups in total. The van der Waals surface area contributed by atoms with Crippen molar-refractivity contribution in [2.45, 2.75) is 32.9 Å². The predicted molar refractivity (Wildman–Crippen MR) is 99.2 cm³/mol. The maximum Gasteiger partial charge on any atom is 0.237 e. The number of rotatable bonds is 8. The van der Waals surface area contributed by atoms with E-state index in [1.807, 2.05) is 12.1 Å². The Bertz CT molecular complexity index is 633. The van der Waals surface area contributed by atoms with Gasteiger partial charge in [0.05, 0.1) is 26.7 Å². The molecule has 1 aromatic rings. The highest BCUT2D eigenvalue weighted by Crippen LogP contribution is 2.30. The van der Waals surface area contributed by atoms with E-state index in [0.29, 0.717) is 30.5 Å². The summed E-state index contributed by atoms with van der Waals surface area (Å²) in [6.07, 6.45) is 0.144. The number of hydrogen-bond donors (Lipinski definition) is 2. The lowest BCUT2D eigenvalue weighted by molar-refractivity contribution is -0.134. The third-order valence-corrected chi connectivity index (χ3v) is 4.38. The first-order valence-corrected chi connectivity index (χ1v) is 8.94. The number of benzene rings is 1. The highest BCUT2D eigenvalue weighted by atomic mass is 16.5. The minimum absolute atomic E-state index is 0.0778. The average molecular weight is 363 g/mol. The highest BCUT2D eigenvalue weighted by molar-refractivity contribution is 5.88. The lowest BCUT2D eigenvalue weighted by Crippen LogP contribution is -2.57. The molecule has 7 nitrogen and oxygen atoms in total. The summed E-state index contributed by atoms with van der Waals surface area (Å²) in [5.41, 5.74) is 0.826. The van der Waals surface area contributed by atoms with E-state index in [-0.39, 0.29) is 18.2 Å². The lowest BCUT2D eigenvalue weighted by atomic mass is 10.1. The van der Waals surface area contributed by atoms with E-state index in [9.17, 15) is 9.59 Å². The molecule has 1 atom stereocenters. The fraction of sp³-hybridized carbons (Fsp3) is 0.579. The lowest BCUT2D eigenvalue weighted by Gasteiger charge is -2.35. The van der Waals surface area contributed by atoms with Crippen LogP contribution < -0.4 is 20.1 Å². The van der Waals surface area contributed by atoms with E-state index in [2.05, 4.69) is 29.4 Å². The summed E-state index contributed by atoms with van der Waals surface area (Å²) < 4.78 is 10.7. The van der Waals surface area contributed by atoms with Crippen LogP contribution in [0.1, 0.15) is 25.8 Å². The number of piperazine rings is 1. The van der Waals surface area contributed by atoms with E-state index < -0.39 is 6.04 Å². The van der Waals surface area contributed by atoms with Gasteiger partial charge in [0.15, 0.2) is 11.5 Å². The summed E-state index contributed by atoms with van der Waals surface area (Å²) in [7, 11) is 3.14. The molecule has 1 aliphatic rings. The number of carbonyl (C=O) groups is 2. The third kappa shape index (κ3) is 5.11. The Morgan fingerprint density at radius 2 is 2.12 bits per heavy atom. The van der Waals surface area contributed by atoms with Gasteiger partial charge in [-0.25, -0.2) is 0 Å². The molecular formula is C19H29N3O4. The van der Waals surface area contributed by atoms with Gasteiger partial charge in [0.2, 0.25) is 11.8 Å². The molecule has 7 heteroatoms. The summed E-state index contributed by atoms with van der Waals surface area (Å²) in [6, 6.07) is 5.11. The van der Waals surface area contributed by atoms with Crippen LogP contribution >= 0.6 is 0 Å². The van der Waals surface area contributed by atoms with Crippen LogP contribution in [0.2, 0.25) is 0 Å². The van der Waals surface area contributed by atoms with E-state index in [4.69, 9.17) is 9.47 Å². The number of ether oxygens (including phenoxy) is 2. The van der Waals surface area contributed by atoms with E-state index in [1.54, 1.807) is 20.3 Å². The van der Waals surface area contributed by atoms with Crippen molar-refractivity contribution in [1.82, 2.24) is 15.5 Å². The summed E-state index contributed by atoms with van der Waals surface area (Å²) in [5, 5.41) is 5.74. The highest BCUT2D eigenvalue weighted by Gasteiger charge is 2.31. The number of methoxy groups -OCH3 is 2. The largest absolute Gasteiger partial charge is 0.493 e. The van der Waals surface area contributed by atoms with Crippen LogP contribution in [-0.2, 0) is 16.1 Å². The molecule has 1 aliphatic heterocycles. The molecule has 1 aromatic carbocycles. The zero-order valence-corrected chi connectivity index (χ0v) is 16.0. The minimum atomic E-state index is -0.418. The van der Waals surface area contributed by atoms with Crippen LogP contribution in [0.4, 0.5) is 0 Å². The molecule has 0 radical (unpaired) electrons. The predicted octanol–water partition coefficient (Wildman–Crippen LogP) is 1.17. The second-order valence-electron chi connectivity index (χ2n) is 6.83. The second-order valence-corrected chi connectivity index (χ2v) is 6.83. The Labute approximate surface area is 155 Å².